The van der Waals surface area contributed by atoms with Gasteiger partial charge in [0.15, 0.2) is 0 Å². The zero-order valence-corrected chi connectivity index (χ0v) is 13.9. The molecule has 0 aromatic carbocycles. The summed E-state index contributed by atoms with van der Waals surface area (Å²) in [6, 6.07) is 0. The molecule has 5 nitrogen and oxygen atoms in total. The Morgan fingerprint density at radius 1 is 0.957 bits per heavy atom. The quantitative estimate of drug-likeness (QED) is 0.274. The van der Waals surface area contributed by atoms with Gasteiger partial charge in [-0.2, -0.15) is 0 Å². The SMILES string of the molecule is O=C(O)CCCC[C@H](O)C[C@@H](O)/C=C\C/C=C\CCCCCO. The van der Waals surface area contributed by atoms with E-state index in [0.717, 1.165) is 32.1 Å². The lowest BCUT2D eigenvalue weighted by atomic mass is 10.0. The fourth-order valence-corrected chi connectivity index (χ4v) is 2.21. The van der Waals surface area contributed by atoms with Gasteiger partial charge in [0.25, 0.3) is 0 Å². The number of hydrogen-bond donors (Lipinski definition) is 4. The van der Waals surface area contributed by atoms with Gasteiger partial charge in [-0.1, -0.05) is 37.1 Å². The van der Waals surface area contributed by atoms with Crippen LogP contribution in [0.25, 0.3) is 0 Å². The molecule has 0 radical (unpaired) electrons. The third-order valence-corrected chi connectivity index (χ3v) is 3.52. The minimum atomic E-state index is -0.816. The van der Waals surface area contributed by atoms with Gasteiger partial charge in [0, 0.05) is 19.4 Å². The third kappa shape index (κ3) is 17.0. The van der Waals surface area contributed by atoms with Crippen molar-refractivity contribution >= 4 is 5.97 Å². The monoisotopic (exact) mass is 328 g/mol. The lowest BCUT2D eigenvalue weighted by molar-refractivity contribution is -0.137. The number of aliphatic hydroxyl groups excluding tert-OH is 3. The minimum absolute atomic E-state index is 0.126. The van der Waals surface area contributed by atoms with Crippen molar-refractivity contribution in [2.24, 2.45) is 0 Å². The van der Waals surface area contributed by atoms with E-state index < -0.39 is 18.2 Å². The molecular formula is C18H32O5. The molecule has 0 aliphatic carbocycles. The number of unbranched alkanes of at least 4 members (excludes halogenated alkanes) is 4. The molecule has 0 heterocycles. The molecule has 5 heteroatoms. The molecule has 0 aliphatic rings. The average Bonchev–Trinajstić information content (AvgIpc) is 2.49. The summed E-state index contributed by atoms with van der Waals surface area (Å²) in [6.07, 6.45) is 13.4. The Kier molecular flexibility index (Phi) is 14.9. The van der Waals surface area contributed by atoms with Gasteiger partial charge in [0.1, 0.15) is 0 Å². The number of carboxylic acids is 1. The fraction of sp³-hybridized carbons (Fsp3) is 0.722. The molecule has 0 saturated heterocycles. The van der Waals surface area contributed by atoms with E-state index in [-0.39, 0.29) is 19.4 Å². The highest BCUT2D eigenvalue weighted by Gasteiger charge is 2.09. The standard InChI is InChI=1S/C18H32O5/c19-14-10-6-4-2-1-3-5-7-11-16(20)15-17(21)12-8-9-13-18(22)23/h1,3,7,11,16-17,19-21H,2,4-6,8-10,12-15H2,(H,22,23)/b3-1-,11-7-/t16-,17-/m0/s1. The van der Waals surface area contributed by atoms with Gasteiger partial charge in [-0.15, -0.1) is 0 Å². The van der Waals surface area contributed by atoms with Crippen molar-refractivity contribution in [3.63, 3.8) is 0 Å². The van der Waals surface area contributed by atoms with Crippen molar-refractivity contribution in [2.75, 3.05) is 6.61 Å². The average molecular weight is 328 g/mol. The van der Waals surface area contributed by atoms with E-state index in [2.05, 4.69) is 6.08 Å². The summed E-state index contributed by atoms with van der Waals surface area (Å²) >= 11 is 0. The Bertz CT molecular complexity index is 338. The zero-order valence-electron chi connectivity index (χ0n) is 13.9. The molecule has 0 rings (SSSR count). The lowest BCUT2D eigenvalue weighted by Gasteiger charge is -2.12. The van der Waals surface area contributed by atoms with Crippen LogP contribution in [0.15, 0.2) is 24.3 Å². The Labute approximate surface area is 139 Å². The number of aliphatic hydroxyl groups is 3. The fourth-order valence-electron chi connectivity index (χ4n) is 2.21. The van der Waals surface area contributed by atoms with Crippen LogP contribution in [0.1, 0.15) is 64.2 Å². The molecule has 2 atom stereocenters. The van der Waals surface area contributed by atoms with Gasteiger partial charge in [0.05, 0.1) is 12.2 Å². The zero-order chi connectivity index (χ0) is 17.3. The van der Waals surface area contributed by atoms with Crippen LogP contribution in [0.4, 0.5) is 0 Å². The van der Waals surface area contributed by atoms with E-state index in [1.807, 2.05) is 12.2 Å². The molecule has 0 saturated carbocycles. The summed E-state index contributed by atoms with van der Waals surface area (Å²) < 4.78 is 0. The molecule has 0 unspecified atom stereocenters. The van der Waals surface area contributed by atoms with Crippen LogP contribution >= 0.6 is 0 Å². The highest BCUT2D eigenvalue weighted by molar-refractivity contribution is 5.66. The maximum atomic E-state index is 10.4. The molecule has 0 spiro atoms. The molecule has 134 valence electrons. The summed E-state index contributed by atoms with van der Waals surface area (Å²) in [5, 5.41) is 36.7. The van der Waals surface area contributed by atoms with Crippen LogP contribution in [-0.2, 0) is 4.79 Å². The van der Waals surface area contributed by atoms with E-state index in [9.17, 15) is 15.0 Å². The summed E-state index contributed by atoms with van der Waals surface area (Å²) in [7, 11) is 0. The van der Waals surface area contributed by atoms with Crippen LogP contribution in [0.5, 0.6) is 0 Å². The minimum Gasteiger partial charge on any atom is -0.481 e. The topological polar surface area (TPSA) is 98.0 Å². The van der Waals surface area contributed by atoms with Gasteiger partial charge in [-0.3, -0.25) is 4.79 Å². The Hall–Kier alpha value is -1.17. The van der Waals surface area contributed by atoms with Gasteiger partial charge in [-0.25, -0.2) is 0 Å². The Balaban J connectivity index is 3.61. The highest BCUT2D eigenvalue weighted by atomic mass is 16.4. The van der Waals surface area contributed by atoms with Gasteiger partial charge in [-0.05, 0) is 38.5 Å². The second-order valence-corrected chi connectivity index (χ2v) is 5.80. The summed E-state index contributed by atoms with van der Waals surface area (Å²) in [4.78, 5) is 10.4. The Morgan fingerprint density at radius 3 is 2.43 bits per heavy atom. The highest BCUT2D eigenvalue weighted by Crippen LogP contribution is 2.10. The first-order valence-electron chi connectivity index (χ1n) is 8.56. The van der Waals surface area contributed by atoms with Crippen LogP contribution in [0, 0.1) is 0 Å². The number of rotatable bonds is 15. The first-order chi connectivity index (χ1) is 11.1. The lowest BCUT2D eigenvalue weighted by Crippen LogP contribution is -2.15. The van der Waals surface area contributed by atoms with Crippen LogP contribution in [0.2, 0.25) is 0 Å². The smallest absolute Gasteiger partial charge is 0.303 e. The molecule has 23 heavy (non-hydrogen) atoms. The van der Waals surface area contributed by atoms with Crippen LogP contribution in [-0.4, -0.2) is 45.2 Å². The maximum absolute atomic E-state index is 10.4. The van der Waals surface area contributed by atoms with Crippen molar-refractivity contribution in [1.29, 1.82) is 0 Å². The van der Waals surface area contributed by atoms with Crippen LogP contribution in [0.3, 0.4) is 0 Å². The normalized spacial score (nSPS) is 14.6. The number of carboxylic acid groups (broad SMARTS) is 1. The molecule has 0 aliphatic heterocycles. The number of aliphatic carboxylic acids is 1. The summed E-state index contributed by atoms with van der Waals surface area (Å²) in [6.45, 7) is 0.260. The van der Waals surface area contributed by atoms with E-state index in [0.29, 0.717) is 19.3 Å². The molecule has 0 bridgehead atoms. The van der Waals surface area contributed by atoms with Gasteiger partial charge in [0.2, 0.25) is 0 Å². The number of hydrogen-bond acceptors (Lipinski definition) is 4. The second kappa shape index (κ2) is 15.7. The maximum Gasteiger partial charge on any atom is 0.303 e. The molecule has 0 aromatic heterocycles. The van der Waals surface area contributed by atoms with Crippen molar-refractivity contribution < 1.29 is 25.2 Å². The molecule has 0 amide bonds. The van der Waals surface area contributed by atoms with Crippen molar-refractivity contribution in [1.82, 2.24) is 0 Å². The number of allylic oxidation sites excluding steroid dienone is 3. The van der Waals surface area contributed by atoms with Gasteiger partial charge >= 0.3 is 5.97 Å². The summed E-state index contributed by atoms with van der Waals surface area (Å²) in [5.41, 5.74) is 0. The van der Waals surface area contributed by atoms with Crippen LogP contribution < -0.4 is 0 Å². The first kappa shape index (κ1) is 21.8. The number of carbonyl (C=O) groups is 1. The van der Waals surface area contributed by atoms with E-state index in [1.165, 1.54) is 0 Å². The van der Waals surface area contributed by atoms with Crippen molar-refractivity contribution in [2.45, 2.75) is 76.4 Å². The van der Waals surface area contributed by atoms with Crippen molar-refractivity contribution in [3.8, 4) is 0 Å². The Morgan fingerprint density at radius 2 is 1.74 bits per heavy atom. The molecular weight excluding hydrogens is 296 g/mol. The van der Waals surface area contributed by atoms with E-state index in [1.54, 1.807) is 6.08 Å². The van der Waals surface area contributed by atoms with E-state index in [4.69, 9.17) is 10.2 Å². The van der Waals surface area contributed by atoms with Gasteiger partial charge < -0.3 is 20.4 Å². The predicted octanol–water partition coefficient (Wildman–Crippen LogP) is 2.80. The molecule has 0 aromatic rings. The molecule has 0 fully saturated rings. The summed E-state index contributed by atoms with van der Waals surface area (Å²) in [5.74, 6) is -0.816. The van der Waals surface area contributed by atoms with Crippen molar-refractivity contribution in [3.05, 3.63) is 24.3 Å². The second-order valence-electron chi connectivity index (χ2n) is 5.80. The molecule has 4 N–H and O–H groups in total. The third-order valence-electron chi connectivity index (χ3n) is 3.52. The predicted molar refractivity (Wildman–Crippen MR) is 91.2 cm³/mol. The largest absolute Gasteiger partial charge is 0.481 e. The first-order valence-corrected chi connectivity index (χ1v) is 8.56. The van der Waals surface area contributed by atoms with E-state index >= 15 is 0 Å².